The van der Waals surface area contributed by atoms with Gasteiger partial charge in [0.15, 0.2) is 0 Å². The number of hydrogen-bond donors (Lipinski definition) is 1. The van der Waals surface area contributed by atoms with Crippen LogP contribution in [0.5, 0.6) is 0 Å². The average Bonchev–Trinajstić information content (AvgIpc) is 2.60. The van der Waals surface area contributed by atoms with Gasteiger partial charge >= 0.3 is 10.2 Å². The second-order valence-electron chi connectivity index (χ2n) is 4.82. The minimum absolute atomic E-state index is 0.0744. The largest absolute Gasteiger partial charge is 0.393 e. The van der Waals surface area contributed by atoms with Gasteiger partial charge in [-0.25, -0.2) is 0 Å². The Morgan fingerprint density at radius 3 is 2.59 bits per heavy atom. The zero-order valence-corrected chi connectivity index (χ0v) is 10.2. The molecular weight excluding hydrogens is 249 g/mol. The highest BCUT2D eigenvalue weighted by Crippen LogP contribution is 2.29. The molecule has 1 amide bonds. The maximum atomic E-state index is 12.8. The Balaban J connectivity index is 2.05. The molecule has 0 bridgehead atoms. The molecule has 1 saturated heterocycles. The van der Waals surface area contributed by atoms with Crippen LogP contribution in [0.15, 0.2) is 0 Å². The topological polar surface area (TPSA) is 74.7 Å². The standard InChI is InChI=1S/C10H16FNO4S/c11-17(15,16)9-5-10(14)12(6-9)7-2-1-3-8(13)4-7/h7-9,13H,1-6H2. The van der Waals surface area contributed by atoms with Crippen LogP contribution in [-0.4, -0.2) is 48.3 Å². The summed E-state index contributed by atoms with van der Waals surface area (Å²) in [6.07, 6.45) is 2.02. The van der Waals surface area contributed by atoms with Gasteiger partial charge < -0.3 is 10.0 Å². The number of likely N-dealkylation sites (tertiary alicyclic amines) is 1. The van der Waals surface area contributed by atoms with E-state index in [1.807, 2.05) is 0 Å². The van der Waals surface area contributed by atoms with Gasteiger partial charge in [-0.2, -0.15) is 8.42 Å². The lowest BCUT2D eigenvalue weighted by Crippen LogP contribution is -2.41. The number of hydrogen-bond acceptors (Lipinski definition) is 4. The molecule has 1 aliphatic heterocycles. The van der Waals surface area contributed by atoms with Gasteiger partial charge in [-0.3, -0.25) is 4.79 Å². The van der Waals surface area contributed by atoms with Crippen LogP contribution in [0.3, 0.4) is 0 Å². The lowest BCUT2D eigenvalue weighted by atomic mass is 9.92. The Hall–Kier alpha value is -0.690. The smallest absolute Gasteiger partial charge is 0.307 e. The molecule has 1 saturated carbocycles. The summed E-state index contributed by atoms with van der Waals surface area (Å²) in [7, 11) is -4.65. The van der Waals surface area contributed by atoms with Crippen LogP contribution in [0.4, 0.5) is 3.89 Å². The Kier molecular flexibility index (Phi) is 3.40. The van der Waals surface area contributed by atoms with Gasteiger partial charge in [-0.1, -0.05) is 0 Å². The first-order valence-corrected chi connectivity index (χ1v) is 7.23. The lowest BCUT2D eigenvalue weighted by Gasteiger charge is -2.33. The Bertz CT molecular complexity index is 411. The Morgan fingerprint density at radius 1 is 1.35 bits per heavy atom. The third-order valence-electron chi connectivity index (χ3n) is 3.58. The van der Waals surface area contributed by atoms with Crippen LogP contribution in [0, 0.1) is 0 Å². The van der Waals surface area contributed by atoms with E-state index in [-0.39, 0.29) is 24.9 Å². The highest BCUT2D eigenvalue weighted by Gasteiger charge is 2.42. The Morgan fingerprint density at radius 2 is 2.06 bits per heavy atom. The fourth-order valence-electron chi connectivity index (χ4n) is 2.66. The van der Waals surface area contributed by atoms with Gasteiger partial charge in [0, 0.05) is 19.0 Å². The fraction of sp³-hybridized carbons (Fsp3) is 0.900. The molecule has 5 nitrogen and oxygen atoms in total. The number of amides is 1. The highest BCUT2D eigenvalue weighted by atomic mass is 32.3. The van der Waals surface area contributed by atoms with E-state index in [1.165, 1.54) is 4.90 Å². The molecule has 1 N–H and O–H groups in total. The number of nitrogens with zero attached hydrogens (tertiary/aromatic N) is 1. The molecule has 1 aliphatic carbocycles. The van der Waals surface area contributed by atoms with Crippen LogP contribution >= 0.6 is 0 Å². The SMILES string of the molecule is O=C1CC(S(=O)(=O)F)CN1C1CCCC(O)C1. The quantitative estimate of drug-likeness (QED) is 0.723. The zero-order chi connectivity index (χ0) is 12.6. The van der Waals surface area contributed by atoms with Gasteiger partial charge in [0.25, 0.3) is 0 Å². The molecule has 2 aliphatic rings. The summed E-state index contributed by atoms with van der Waals surface area (Å²) in [4.78, 5) is 13.1. The fourth-order valence-corrected chi connectivity index (χ4v) is 3.34. The summed E-state index contributed by atoms with van der Waals surface area (Å²) < 4.78 is 34.4. The summed E-state index contributed by atoms with van der Waals surface area (Å²) in [5.74, 6) is -0.324. The summed E-state index contributed by atoms with van der Waals surface area (Å²) in [6.45, 7) is -0.0744. The first-order chi connectivity index (χ1) is 7.88. The molecule has 0 aromatic carbocycles. The van der Waals surface area contributed by atoms with Gasteiger partial charge in [-0.15, -0.1) is 3.89 Å². The number of carbonyl (C=O) groups excluding carboxylic acids is 1. The van der Waals surface area contributed by atoms with Crippen molar-refractivity contribution in [2.24, 2.45) is 0 Å². The van der Waals surface area contributed by atoms with E-state index in [4.69, 9.17) is 0 Å². The summed E-state index contributed by atoms with van der Waals surface area (Å²) in [5, 5.41) is 8.29. The molecule has 0 radical (unpaired) electrons. The van der Waals surface area contributed by atoms with Crippen molar-refractivity contribution in [3.8, 4) is 0 Å². The maximum absolute atomic E-state index is 12.8. The van der Waals surface area contributed by atoms with E-state index >= 15 is 0 Å². The van der Waals surface area contributed by atoms with Gasteiger partial charge in [0.2, 0.25) is 5.91 Å². The van der Waals surface area contributed by atoms with E-state index in [0.29, 0.717) is 12.8 Å². The summed E-state index contributed by atoms with van der Waals surface area (Å²) >= 11 is 0. The van der Waals surface area contributed by atoms with Crippen molar-refractivity contribution in [2.75, 3.05) is 6.54 Å². The lowest BCUT2D eigenvalue weighted by molar-refractivity contribution is -0.130. The van der Waals surface area contributed by atoms with Crippen molar-refractivity contribution in [1.82, 2.24) is 4.90 Å². The van der Waals surface area contributed by atoms with Crippen molar-refractivity contribution >= 4 is 16.1 Å². The molecular formula is C10H16FNO4S. The summed E-state index contributed by atoms with van der Waals surface area (Å²) in [5.41, 5.74) is 0. The monoisotopic (exact) mass is 265 g/mol. The third kappa shape index (κ3) is 2.77. The van der Waals surface area contributed by atoms with E-state index in [1.54, 1.807) is 0 Å². The number of carbonyl (C=O) groups is 1. The van der Waals surface area contributed by atoms with Crippen LogP contribution < -0.4 is 0 Å². The predicted molar refractivity (Wildman–Crippen MR) is 58.4 cm³/mol. The first kappa shape index (κ1) is 12.8. The molecule has 0 aromatic rings. The molecule has 2 rings (SSSR count). The first-order valence-electron chi connectivity index (χ1n) is 5.79. The normalized spacial score (nSPS) is 35.3. The molecule has 0 aromatic heterocycles. The van der Waals surface area contributed by atoms with Gasteiger partial charge in [0.1, 0.15) is 5.25 Å². The van der Waals surface area contributed by atoms with Crippen LogP contribution in [-0.2, 0) is 15.0 Å². The second kappa shape index (κ2) is 4.53. The number of halogens is 1. The molecule has 17 heavy (non-hydrogen) atoms. The maximum Gasteiger partial charge on any atom is 0.307 e. The van der Waals surface area contributed by atoms with Crippen LogP contribution in [0.1, 0.15) is 32.1 Å². The molecule has 7 heteroatoms. The molecule has 1 heterocycles. The van der Waals surface area contributed by atoms with Crippen molar-refractivity contribution in [3.63, 3.8) is 0 Å². The summed E-state index contributed by atoms with van der Waals surface area (Å²) in [6, 6.07) is -0.141. The second-order valence-corrected chi connectivity index (χ2v) is 6.44. The predicted octanol–water partition coefficient (Wildman–Crippen LogP) is 0.190. The molecule has 0 spiro atoms. The molecule has 3 atom stereocenters. The number of aliphatic hydroxyl groups is 1. The van der Waals surface area contributed by atoms with E-state index in [9.17, 15) is 22.2 Å². The van der Waals surface area contributed by atoms with Crippen LogP contribution in [0.2, 0.25) is 0 Å². The molecule has 98 valence electrons. The zero-order valence-electron chi connectivity index (χ0n) is 9.38. The van der Waals surface area contributed by atoms with E-state index in [0.717, 1.165) is 12.8 Å². The number of rotatable bonds is 2. The van der Waals surface area contributed by atoms with Crippen LogP contribution in [0.25, 0.3) is 0 Å². The van der Waals surface area contributed by atoms with Crippen molar-refractivity contribution < 1.29 is 22.2 Å². The van der Waals surface area contributed by atoms with Crippen molar-refractivity contribution in [1.29, 1.82) is 0 Å². The molecule has 2 fully saturated rings. The van der Waals surface area contributed by atoms with E-state index < -0.39 is 21.6 Å². The van der Waals surface area contributed by atoms with E-state index in [2.05, 4.69) is 0 Å². The minimum atomic E-state index is -4.65. The number of aliphatic hydroxyl groups excluding tert-OH is 1. The minimum Gasteiger partial charge on any atom is -0.393 e. The van der Waals surface area contributed by atoms with Crippen molar-refractivity contribution in [2.45, 2.75) is 49.5 Å². The van der Waals surface area contributed by atoms with Crippen molar-refractivity contribution in [3.05, 3.63) is 0 Å². The van der Waals surface area contributed by atoms with Gasteiger partial charge in [0.05, 0.1) is 6.10 Å². The highest BCUT2D eigenvalue weighted by molar-refractivity contribution is 7.87. The molecule has 3 unspecified atom stereocenters. The van der Waals surface area contributed by atoms with Gasteiger partial charge in [-0.05, 0) is 25.7 Å². The average molecular weight is 265 g/mol. The Labute approximate surface area is 99.8 Å². The third-order valence-corrected chi connectivity index (χ3v) is 4.69.